The minimum atomic E-state index is -0.139. The van der Waals surface area contributed by atoms with Crippen LogP contribution < -0.4 is 5.32 Å². The number of benzene rings is 2. The fourth-order valence-electron chi connectivity index (χ4n) is 3.03. The molecule has 1 N–H and O–H groups in total. The standard InChI is InChI=1S/C22H24N2O2S/c1-3-12-24(13-4-2)22(26)17-10-11-19-18(15-17)23-21(25)20(27-19)14-16-8-6-5-7-9-16/h5-11,14-15H,3-4,12-13H2,1-2H3,(H,23,25). The van der Waals surface area contributed by atoms with Crippen molar-refractivity contribution in [1.29, 1.82) is 0 Å². The van der Waals surface area contributed by atoms with Gasteiger partial charge in [0.25, 0.3) is 11.8 Å². The van der Waals surface area contributed by atoms with Crippen LogP contribution in [0.1, 0.15) is 42.6 Å². The van der Waals surface area contributed by atoms with Crippen LogP contribution in [0.4, 0.5) is 5.69 Å². The Balaban J connectivity index is 1.83. The van der Waals surface area contributed by atoms with Crippen molar-refractivity contribution in [3.05, 3.63) is 64.6 Å². The van der Waals surface area contributed by atoms with E-state index >= 15 is 0 Å². The van der Waals surface area contributed by atoms with Gasteiger partial charge in [0.1, 0.15) is 0 Å². The summed E-state index contributed by atoms with van der Waals surface area (Å²) < 4.78 is 0. The van der Waals surface area contributed by atoms with Crippen LogP contribution in [0.2, 0.25) is 0 Å². The first-order chi connectivity index (χ1) is 13.1. The second-order valence-corrected chi connectivity index (χ2v) is 7.56. The number of amides is 2. The largest absolute Gasteiger partial charge is 0.339 e. The number of hydrogen-bond acceptors (Lipinski definition) is 3. The van der Waals surface area contributed by atoms with E-state index in [1.54, 1.807) is 6.07 Å². The van der Waals surface area contributed by atoms with Crippen LogP contribution in [-0.2, 0) is 4.79 Å². The molecular weight excluding hydrogens is 356 g/mol. The second kappa shape index (κ2) is 8.91. The summed E-state index contributed by atoms with van der Waals surface area (Å²) in [6, 6.07) is 15.3. The highest BCUT2D eigenvalue weighted by molar-refractivity contribution is 8.04. The Hall–Kier alpha value is -2.53. The van der Waals surface area contributed by atoms with Gasteiger partial charge in [-0.1, -0.05) is 55.9 Å². The van der Waals surface area contributed by atoms with E-state index in [2.05, 4.69) is 19.2 Å². The molecule has 0 aliphatic carbocycles. The van der Waals surface area contributed by atoms with Crippen LogP contribution in [0.5, 0.6) is 0 Å². The lowest BCUT2D eigenvalue weighted by atomic mass is 10.1. The molecule has 1 aliphatic rings. The van der Waals surface area contributed by atoms with E-state index in [0.717, 1.165) is 36.4 Å². The van der Waals surface area contributed by atoms with Crippen molar-refractivity contribution >= 4 is 35.3 Å². The first-order valence-corrected chi connectivity index (χ1v) is 10.1. The number of hydrogen-bond donors (Lipinski definition) is 1. The monoisotopic (exact) mass is 380 g/mol. The molecule has 0 saturated carbocycles. The van der Waals surface area contributed by atoms with E-state index < -0.39 is 0 Å². The second-order valence-electron chi connectivity index (χ2n) is 6.48. The fraction of sp³-hybridized carbons (Fsp3) is 0.273. The molecule has 0 spiro atoms. The van der Waals surface area contributed by atoms with Gasteiger partial charge in [-0.05, 0) is 42.7 Å². The molecule has 27 heavy (non-hydrogen) atoms. The number of rotatable bonds is 6. The predicted octanol–water partition coefficient (Wildman–Crippen LogP) is 5.03. The molecule has 0 bridgehead atoms. The van der Waals surface area contributed by atoms with Crippen molar-refractivity contribution in [1.82, 2.24) is 4.90 Å². The third kappa shape index (κ3) is 4.61. The molecule has 140 valence electrons. The van der Waals surface area contributed by atoms with E-state index in [9.17, 15) is 9.59 Å². The molecule has 3 rings (SSSR count). The number of nitrogens with one attached hydrogen (secondary N) is 1. The smallest absolute Gasteiger partial charge is 0.262 e. The lowest BCUT2D eigenvalue weighted by Crippen LogP contribution is -2.32. The molecule has 0 unspecified atom stereocenters. The topological polar surface area (TPSA) is 49.4 Å². The lowest BCUT2D eigenvalue weighted by molar-refractivity contribution is -0.112. The summed E-state index contributed by atoms with van der Waals surface area (Å²) in [5.74, 6) is -0.119. The van der Waals surface area contributed by atoms with Crippen molar-refractivity contribution in [2.24, 2.45) is 0 Å². The molecule has 2 aromatic rings. The maximum absolute atomic E-state index is 12.8. The maximum Gasteiger partial charge on any atom is 0.262 e. The number of carbonyl (C=O) groups is 2. The highest BCUT2D eigenvalue weighted by Gasteiger charge is 2.23. The van der Waals surface area contributed by atoms with Gasteiger partial charge in [-0.25, -0.2) is 0 Å². The van der Waals surface area contributed by atoms with Gasteiger partial charge in [0, 0.05) is 23.5 Å². The first kappa shape index (κ1) is 19.2. The number of thioether (sulfide) groups is 1. The van der Waals surface area contributed by atoms with E-state index in [4.69, 9.17) is 0 Å². The molecule has 0 radical (unpaired) electrons. The van der Waals surface area contributed by atoms with E-state index in [1.807, 2.05) is 53.4 Å². The Labute approximate surface area is 164 Å². The summed E-state index contributed by atoms with van der Waals surface area (Å²) >= 11 is 1.43. The number of nitrogens with zero attached hydrogens (tertiary/aromatic N) is 1. The van der Waals surface area contributed by atoms with Gasteiger partial charge >= 0.3 is 0 Å². The molecular formula is C22H24N2O2S. The Morgan fingerprint density at radius 3 is 2.44 bits per heavy atom. The Bertz CT molecular complexity index is 856. The van der Waals surface area contributed by atoms with Crippen molar-refractivity contribution in [3.63, 3.8) is 0 Å². The number of anilines is 1. The average Bonchev–Trinajstić information content (AvgIpc) is 2.68. The van der Waals surface area contributed by atoms with Gasteiger partial charge in [0.15, 0.2) is 0 Å². The van der Waals surface area contributed by atoms with Crippen LogP contribution in [0.15, 0.2) is 58.3 Å². The third-order valence-electron chi connectivity index (χ3n) is 4.29. The summed E-state index contributed by atoms with van der Waals surface area (Å²) in [6.45, 7) is 5.63. The van der Waals surface area contributed by atoms with Gasteiger partial charge in [-0.3, -0.25) is 9.59 Å². The lowest BCUT2D eigenvalue weighted by Gasteiger charge is -2.23. The summed E-state index contributed by atoms with van der Waals surface area (Å²) in [4.78, 5) is 28.7. The van der Waals surface area contributed by atoms with Crippen molar-refractivity contribution < 1.29 is 9.59 Å². The van der Waals surface area contributed by atoms with E-state index in [0.29, 0.717) is 16.2 Å². The van der Waals surface area contributed by atoms with Crippen LogP contribution in [-0.4, -0.2) is 29.8 Å². The van der Waals surface area contributed by atoms with Gasteiger partial charge < -0.3 is 10.2 Å². The molecule has 2 aromatic carbocycles. The Kier molecular flexibility index (Phi) is 6.35. The molecule has 4 nitrogen and oxygen atoms in total. The van der Waals surface area contributed by atoms with Crippen molar-refractivity contribution in [2.45, 2.75) is 31.6 Å². The molecule has 5 heteroatoms. The van der Waals surface area contributed by atoms with Crippen molar-refractivity contribution in [3.8, 4) is 0 Å². The van der Waals surface area contributed by atoms with Gasteiger partial charge in [-0.15, -0.1) is 0 Å². The van der Waals surface area contributed by atoms with Crippen molar-refractivity contribution in [2.75, 3.05) is 18.4 Å². The molecule has 0 aromatic heterocycles. The van der Waals surface area contributed by atoms with Crippen LogP contribution in [0.3, 0.4) is 0 Å². The summed E-state index contributed by atoms with van der Waals surface area (Å²) in [6.07, 6.45) is 3.74. The molecule has 0 fully saturated rings. The molecule has 1 aliphatic heterocycles. The van der Waals surface area contributed by atoms with Gasteiger partial charge in [0.05, 0.1) is 10.6 Å². The zero-order chi connectivity index (χ0) is 19.2. The minimum Gasteiger partial charge on any atom is -0.339 e. The highest BCUT2D eigenvalue weighted by Crippen LogP contribution is 2.39. The average molecular weight is 381 g/mol. The molecule has 0 atom stereocenters. The van der Waals surface area contributed by atoms with Gasteiger partial charge in [-0.2, -0.15) is 0 Å². The molecule has 0 saturated heterocycles. The number of fused-ring (bicyclic) bond motifs is 1. The Morgan fingerprint density at radius 1 is 1.07 bits per heavy atom. The van der Waals surface area contributed by atoms with Crippen LogP contribution >= 0.6 is 11.8 Å². The number of carbonyl (C=O) groups excluding carboxylic acids is 2. The SMILES string of the molecule is CCCN(CCC)C(=O)c1ccc2c(c1)NC(=O)C(=Cc1ccccc1)S2. The predicted molar refractivity (Wildman–Crippen MR) is 112 cm³/mol. The summed E-state index contributed by atoms with van der Waals surface area (Å²) in [5.41, 5.74) is 2.31. The molecule has 2 amide bonds. The van der Waals surface area contributed by atoms with Crippen LogP contribution in [0, 0.1) is 0 Å². The van der Waals surface area contributed by atoms with E-state index in [-0.39, 0.29) is 11.8 Å². The first-order valence-electron chi connectivity index (χ1n) is 9.31. The quantitative estimate of drug-likeness (QED) is 0.715. The minimum absolute atomic E-state index is 0.0198. The van der Waals surface area contributed by atoms with E-state index in [1.165, 1.54) is 11.8 Å². The maximum atomic E-state index is 12.8. The molecule has 1 heterocycles. The highest BCUT2D eigenvalue weighted by atomic mass is 32.2. The summed E-state index contributed by atoms with van der Waals surface area (Å²) in [5, 5.41) is 2.93. The zero-order valence-electron chi connectivity index (χ0n) is 15.7. The fourth-order valence-corrected chi connectivity index (χ4v) is 3.96. The van der Waals surface area contributed by atoms with Crippen LogP contribution in [0.25, 0.3) is 6.08 Å². The normalized spacial score (nSPS) is 14.6. The third-order valence-corrected chi connectivity index (χ3v) is 5.39. The zero-order valence-corrected chi connectivity index (χ0v) is 16.5. The Morgan fingerprint density at radius 2 is 1.78 bits per heavy atom. The van der Waals surface area contributed by atoms with Gasteiger partial charge in [0.2, 0.25) is 0 Å². The summed E-state index contributed by atoms with van der Waals surface area (Å²) in [7, 11) is 0.